The van der Waals surface area contributed by atoms with Gasteiger partial charge in [-0.05, 0) is 30.5 Å². The summed E-state index contributed by atoms with van der Waals surface area (Å²) in [7, 11) is 0. The van der Waals surface area contributed by atoms with Gasteiger partial charge in [0.15, 0.2) is 5.76 Å². The van der Waals surface area contributed by atoms with Crippen molar-refractivity contribution in [3.8, 4) is 0 Å². The van der Waals surface area contributed by atoms with Crippen LogP contribution in [0.15, 0.2) is 47.1 Å². The molecule has 23 heavy (non-hydrogen) atoms. The highest BCUT2D eigenvalue weighted by atomic mass is 32.1. The van der Waals surface area contributed by atoms with Crippen LogP contribution in [0.1, 0.15) is 38.8 Å². The van der Waals surface area contributed by atoms with Gasteiger partial charge in [-0.15, -0.1) is 11.3 Å². The van der Waals surface area contributed by atoms with E-state index in [1.54, 1.807) is 6.92 Å². The molecule has 2 heterocycles. The molecule has 7 heteroatoms. The maximum atomic E-state index is 12.3. The third-order valence-electron chi connectivity index (χ3n) is 3.44. The van der Waals surface area contributed by atoms with Crippen molar-refractivity contribution < 1.29 is 19.2 Å². The van der Waals surface area contributed by atoms with Crippen LogP contribution in [0.2, 0.25) is 0 Å². The molecular weight excluding hydrogens is 316 g/mol. The minimum Gasteiger partial charge on any atom is -0.459 e. The quantitative estimate of drug-likeness (QED) is 0.506. The van der Waals surface area contributed by atoms with Gasteiger partial charge in [-0.3, -0.25) is 14.8 Å². The van der Waals surface area contributed by atoms with Crippen LogP contribution in [-0.2, 0) is 0 Å². The van der Waals surface area contributed by atoms with E-state index in [1.807, 2.05) is 30.3 Å². The highest BCUT2D eigenvalue weighted by Crippen LogP contribution is 2.26. The molecule has 1 aromatic carbocycles. The molecule has 3 rings (SSSR count). The second-order valence-electron chi connectivity index (χ2n) is 5.03. The number of nitrogens with one attached hydrogen (secondary N) is 2. The van der Waals surface area contributed by atoms with Crippen molar-refractivity contribution >= 4 is 33.2 Å². The number of hydroxylamine groups is 1. The fourth-order valence-corrected chi connectivity index (χ4v) is 3.16. The summed E-state index contributed by atoms with van der Waals surface area (Å²) in [6.07, 6.45) is 1.38. The zero-order chi connectivity index (χ0) is 16.4. The third kappa shape index (κ3) is 3.10. The smallest absolute Gasteiger partial charge is 0.310 e. The number of hydrogen-bond donors (Lipinski definition) is 3. The normalized spacial score (nSPS) is 12.1. The van der Waals surface area contributed by atoms with Gasteiger partial charge in [-0.25, -0.2) is 5.48 Å². The van der Waals surface area contributed by atoms with E-state index >= 15 is 0 Å². The Balaban J connectivity index is 1.74. The molecule has 118 valence electrons. The zero-order valence-electron chi connectivity index (χ0n) is 12.2. The molecule has 0 aliphatic heterocycles. The van der Waals surface area contributed by atoms with Crippen LogP contribution in [0.25, 0.3) is 10.1 Å². The highest BCUT2D eigenvalue weighted by molar-refractivity contribution is 7.20. The summed E-state index contributed by atoms with van der Waals surface area (Å²) in [4.78, 5) is 24.2. The molecule has 0 aliphatic rings. The van der Waals surface area contributed by atoms with Crippen molar-refractivity contribution in [2.24, 2.45) is 0 Å². The molecule has 3 N–H and O–H groups in total. The molecule has 2 aromatic heterocycles. The van der Waals surface area contributed by atoms with Crippen LogP contribution in [0, 0.1) is 0 Å². The Bertz CT molecular complexity index is 835. The summed E-state index contributed by atoms with van der Waals surface area (Å²) in [5.74, 6) is -0.946. The van der Waals surface area contributed by atoms with Gasteiger partial charge in [0.05, 0.1) is 17.2 Å². The topological polar surface area (TPSA) is 91.6 Å². The molecule has 0 saturated carbocycles. The Kier molecular flexibility index (Phi) is 4.14. The van der Waals surface area contributed by atoms with Crippen LogP contribution >= 0.6 is 11.3 Å². The number of thiophene rings is 1. The number of hydrogen-bond acceptors (Lipinski definition) is 5. The molecular formula is C16H14N2O4S. The first-order chi connectivity index (χ1) is 11.1. The van der Waals surface area contributed by atoms with E-state index in [2.05, 4.69) is 5.32 Å². The van der Waals surface area contributed by atoms with E-state index in [4.69, 9.17) is 9.62 Å². The SMILES string of the molecule is CC(NC(=O)c1cc2ccccc2s1)c1coc(C(=O)NO)c1. The van der Waals surface area contributed by atoms with Crippen molar-refractivity contribution in [2.45, 2.75) is 13.0 Å². The van der Waals surface area contributed by atoms with E-state index in [0.29, 0.717) is 10.4 Å². The van der Waals surface area contributed by atoms with Gasteiger partial charge in [-0.1, -0.05) is 18.2 Å². The summed E-state index contributed by atoms with van der Waals surface area (Å²) < 4.78 is 6.10. The number of fused-ring (bicyclic) bond motifs is 1. The van der Waals surface area contributed by atoms with Gasteiger partial charge in [0, 0.05) is 10.3 Å². The molecule has 1 unspecified atom stereocenters. The number of benzene rings is 1. The lowest BCUT2D eigenvalue weighted by molar-refractivity contribution is 0.0676. The minimum absolute atomic E-state index is 0.0227. The minimum atomic E-state index is -0.737. The molecule has 0 bridgehead atoms. The standard InChI is InChI=1S/C16H14N2O4S/c1-9(11-6-12(22-8-11)15(19)18-21)17-16(20)14-7-10-4-2-3-5-13(10)23-14/h2-9,21H,1H3,(H,17,20)(H,18,19). The first kappa shape index (κ1) is 15.3. The molecule has 0 spiro atoms. The highest BCUT2D eigenvalue weighted by Gasteiger charge is 2.17. The lowest BCUT2D eigenvalue weighted by Gasteiger charge is -2.10. The van der Waals surface area contributed by atoms with Crippen LogP contribution < -0.4 is 10.8 Å². The van der Waals surface area contributed by atoms with Gasteiger partial charge < -0.3 is 9.73 Å². The van der Waals surface area contributed by atoms with Gasteiger partial charge in [0.25, 0.3) is 5.91 Å². The van der Waals surface area contributed by atoms with Gasteiger partial charge in [0.2, 0.25) is 0 Å². The average molecular weight is 330 g/mol. The van der Waals surface area contributed by atoms with Crippen molar-refractivity contribution in [3.63, 3.8) is 0 Å². The van der Waals surface area contributed by atoms with E-state index in [-0.39, 0.29) is 17.7 Å². The second kappa shape index (κ2) is 6.23. The first-order valence-electron chi connectivity index (χ1n) is 6.91. The zero-order valence-corrected chi connectivity index (χ0v) is 13.0. The Hall–Kier alpha value is -2.64. The molecule has 0 aliphatic carbocycles. The van der Waals surface area contributed by atoms with Crippen LogP contribution in [0.3, 0.4) is 0 Å². The van der Waals surface area contributed by atoms with E-state index in [9.17, 15) is 9.59 Å². The second-order valence-corrected chi connectivity index (χ2v) is 6.11. The van der Waals surface area contributed by atoms with Crippen molar-refractivity contribution in [3.05, 3.63) is 58.9 Å². The lowest BCUT2D eigenvalue weighted by atomic mass is 10.1. The van der Waals surface area contributed by atoms with E-state index < -0.39 is 5.91 Å². The van der Waals surface area contributed by atoms with Crippen molar-refractivity contribution in [1.29, 1.82) is 0 Å². The number of furan rings is 1. The molecule has 6 nitrogen and oxygen atoms in total. The predicted molar refractivity (Wildman–Crippen MR) is 85.7 cm³/mol. The van der Waals surface area contributed by atoms with Crippen LogP contribution in [0.5, 0.6) is 0 Å². The summed E-state index contributed by atoms with van der Waals surface area (Å²) >= 11 is 1.42. The maximum Gasteiger partial charge on any atom is 0.310 e. The molecule has 2 amide bonds. The molecule has 1 atom stereocenters. The number of amides is 2. The first-order valence-corrected chi connectivity index (χ1v) is 7.72. The molecule has 0 fully saturated rings. The van der Waals surface area contributed by atoms with Gasteiger partial charge >= 0.3 is 5.91 Å². The summed E-state index contributed by atoms with van der Waals surface area (Å²) in [5, 5.41) is 12.5. The monoisotopic (exact) mass is 330 g/mol. The average Bonchev–Trinajstić information content (AvgIpc) is 3.20. The molecule has 0 radical (unpaired) electrons. The summed E-state index contributed by atoms with van der Waals surface area (Å²) in [6, 6.07) is 10.8. The van der Waals surface area contributed by atoms with Crippen molar-refractivity contribution in [2.75, 3.05) is 0 Å². The van der Waals surface area contributed by atoms with E-state index in [0.717, 1.165) is 10.1 Å². The third-order valence-corrected chi connectivity index (χ3v) is 4.56. The Labute approximate surface area is 135 Å². The molecule has 3 aromatic rings. The largest absolute Gasteiger partial charge is 0.459 e. The Morgan fingerprint density at radius 3 is 2.74 bits per heavy atom. The van der Waals surface area contributed by atoms with E-state index in [1.165, 1.54) is 29.1 Å². The lowest BCUT2D eigenvalue weighted by Crippen LogP contribution is -2.25. The fourth-order valence-electron chi connectivity index (χ4n) is 2.20. The Morgan fingerprint density at radius 1 is 1.22 bits per heavy atom. The summed E-state index contributed by atoms with van der Waals surface area (Å²) in [5.41, 5.74) is 2.13. The Morgan fingerprint density at radius 2 is 2.00 bits per heavy atom. The predicted octanol–water partition coefficient (Wildman–Crippen LogP) is 3.10. The number of carbonyl (C=O) groups is 2. The van der Waals surface area contributed by atoms with Crippen molar-refractivity contribution in [1.82, 2.24) is 10.8 Å². The van der Waals surface area contributed by atoms with Crippen LogP contribution in [0.4, 0.5) is 0 Å². The van der Waals surface area contributed by atoms with Crippen LogP contribution in [-0.4, -0.2) is 17.0 Å². The summed E-state index contributed by atoms with van der Waals surface area (Å²) in [6.45, 7) is 1.79. The number of rotatable bonds is 4. The van der Waals surface area contributed by atoms with Gasteiger partial charge in [-0.2, -0.15) is 0 Å². The maximum absolute atomic E-state index is 12.3. The number of carbonyl (C=O) groups excluding carboxylic acids is 2. The fraction of sp³-hybridized carbons (Fsp3) is 0.125. The van der Waals surface area contributed by atoms with Gasteiger partial charge in [0.1, 0.15) is 0 Å². The molecule has 0 saturated heterocycles.